The summed E-state index contributed by atoms with van der Waals surface area (Å²) in [5, 5.41) is 0. The number of amides is 1. The molecule has 1 aromatic carbocycles. The van der Waals surface area contributed by atoms with E-state index in [1.807, 2.05) is 0 Å². The summed E-state index contributed by atoms with van der Waals surface area (Å²) >= 11 is 0. The number of carbonyl (C=O) groups excluding carboxylic acids is 1. The van der Waals surface area contributed by atoms with Gasteiger partial charge in [0.1, 0.15) is 12.4 Å². The third-order valence-electron chi connectivity index (χ3n) is 4.32. The van der Waals surface area contributed by atoms with E-state index in [1.54, 1.807) is 47.5 Å². The van der Waals surface area contributed by atoms with Crippen molar-refractivity contribution in [3.05, 3.63) is 48.9 Å². The Labute approximate surface area is 153 Å². The van der Waals surface area contributed by atoms with Gasteiger partial charge in [0.2, 0.25) is 11.8 Å². The standard InChI is InChI=1S/C18H21N3O4S/c22-18(9-13-26(23,24)16-4-2-1-3-5-16)21-11-7-15(8-12-21)25-17-6-10-19-14-20-17/h1-6,10,14-15H,7-9,11-13H2. The Balaban J connectivity index is 1.47. The molecule has 1 aliphatic heterocycles. The Hall–Kier alpha value is -2.48. The second-order valence-corrected chi connectivity index (χ2v) is 8.24. The van der Waals surface area contributed by atoms with Gasteiger partial charge in [-0.3, -0.25) is 4.79 Å². The molecule has 1 aliphatic rings. The van der Waals surface area contributed by atoms with E-state index >= 15 is 0 Å². The van der Waals surface area contributed by atoms with Crippen LogP contribution in [-0.2, 0) is 14.6 Å². The zero-order valence-corrected chi connectivity index (χ0v) is 15.1. The van der Waals surface area contributed by atoms with Crippen molar-refractivity contribution in [1.29, 1.82) is 0 Å². The number of sulfone groups is 1. The molecule has 0 N–H and O–H groups in total. The largest absolute Gasteiger partial charge is 0.474 e. The van der Waals surface area contributed by atoms with Crippen LogP contribution in [0.2, 0.25) is 0 Å². The van der Waals surface area contributed by atoms with Crippen LogP contribution in [0.5, 0.6) is 5.88 Å². The van der Waals surface area contributed by atoms with Crippen LogP contribution < -0.4 is 4.74 Å². The summed E-state index contributed by atoms with van der Waals surface area (Å²) in [7, 11) is -3.43. The molecule has 0 unspecified atom stereocenters. The summed E-state index contributed by atoms with van der Waals surface area (Å²) < 4.78 is 30.3. The van der Waals surface area contributed by atoms with E-state index in [-0.39, 0.29) is 29.1 Å². The molecule has 7 nitrogen and oxygen atoms in total. The number of nitrogens with zero attached hydrogens (tertiary/aromatic N) is 3. The van der Waals surface area contributed by atoms with Gasteiger partial charge in [0.25, 0.3) is 0 Å². The van der Waals surface area contributed by atoms with Crippen LogP contribution in [0.25, 0.3) is 0 Å². The molecule has 8 heteroatoms. The molecule has 2 aromatic rings. The van der Waals surface area contributed by atoms with Gasteiger partial charge in [0.15, 0.2) is 9.84 Å². The van der Waals surface area contributed by atoms with Crippen molar-refractivity contribution in [3.8, 4) is 5.88 Å². The molecule has 0 bridgehead atoms. The van der Waals surface area contributed by atoms with Crippen molar-refractivity contribution in [2.24, 2.45) is 0 Å². The molecule has 1 saturated heterocycles. The Bertz CT molecular complexity index is 820. The summed E-state index contributed by atoms with van der Waals surface area (Å²) in [4.78, 5) is 22.2. The Morgan fingerprint density at radius 3 is 2.54 bits per heavy atom. The van der Waals surface area contributed by atoms with Gasteiger partial charge >= 0.3 is 0 Å². The van der Waals surface area contributed by atoms with Gasteiger partial charge in [0.05, 0.1) is 10.6 Å². The van der Waals surface area contributed by atoms with Crippen molar-refractivity contribution < 1.29 is 17.9 Å². The lowest BCUT2D eigenvalue weighted by Gasteiger charge is -2.32. The number of carbonyl (C=O) groups is 1. The van der Waals surface area contributed by atoms with E-state index < -0.39 is 9.84 Å². The third kappa shape index (κ3) is 4.78. The quantitative estimate of drug-likeness (QED) is 0.764. The maximum atomic E-state index is 12.3. The van der Waals surface area contributed by atoms with Crippen LogP contribution in [0.1, 0.15) is 19.3 Å². The summed E-state index contributed by atoms with van der Waals surface area (Å²) in [6.07, 6.45) is 4.44. The average molecular weight is 375 g/mol. The number of likely N-dealkylation sites (tertiary alicyclic amines) is 1. The molecule has 0 aliphatic carbocycles. The first kappa shape index (κ1) is 18.3. The maximum absolute atomic E-state index is 12.3. The Kier molecular flexibility index (Phi) is 5.82. The van der Waals surface area contributed by atoms with Gasteiger partial charge in [-0.1, -0.05) is 18.2 Å². The highest BCUT2D eigenvalue weighted by atomic mass is 32.2. The molecule has 1 fully saturated rings. The highest BCUT2D eigenvalue weighted by Gasteiger charge is 2.25. The molecule has 0 spiro atoms. The summed E-state index contributed by atoms with van der Waals surface area (Å²) in [6, 6.07) is 9.92. The topological polar surface area (TPSA) is 89.5 Å². The normalized spacial score (nSPS) is 15.6. The number of piperidine rings is 1. The van der Waals surface area contributed by atoms with E-state index in [2.05, 4.69) is 9.97 Å². The van der Waals surface area contributed by atoms with Gasteiger partial charge in [-0.05, 0) is 12.1 Å². The van der Waals surface area contributed by atoms with E-state index in [0.29, 0.717) is 31.8 Å². The number of rotatable bonds is 6. The number of hydrogen-bond donors (Lipinski definition) is 0. The van der Waals surface area contributed by atoms with Gasteiger partial charge in [-0.2, -0.15) is 0 Å². The minimum Gasteiger partial charge on any atom is -0.474 e. The zero-order chi connectivity index (χ0) is 18.4. The minimum atomic E-state index is -3.43. The van der Waals surface area contributed by atoms with Crippen LogP contribution in [-0.4, -0.2) is 54.1 Å². The molecule has 1 amide bonds. The van der Waals surface area contributed by atoms with E-state index in [9.17, 15) is 13.2 Å². The Morgan fingerprint density at radius 1 is 1.15 bits per heavy atom. The average Bonchev–Trinajstić information content (AvgIpc) is 2.68. The molecule has 26 heavy (non-hydrogen) atoms. The highest BCUT2D eigenvalue weighted by Crippen LogP contribution is 2.18. The van der Waals surface area contributed by atoms with Crippen LogP contribution in [0.4, 0.5) is 0 Å². The van der Waals surface area contributed by atoms with Gasteiger partial charge in [-0.25, -0.2) is 18.4 Å². The van der Waals surface area contributed by atoms with E-state index in [4.69, 9.17) is 4.74 Å². The lowest BCUT2D eigenvalue weighted by atomic mass is 10.1. The fourth-order valence-corrected chi connectivity index (χ4v) is 4.12. The van der Waals surface area contributed by atoms with E-state index in [0.717, 1.165) is 0 Å². The van der Waals surface area contributed by atoms with Gasteiger partial charge < -0.3 is 9.64 Å². The van der Waals surface area contributed by atoms with Gasteiger partial charge in [0, 0.05) is 44.6 Å². The molecule has 0 saturated carbocycles. The SMILES string of the molecule is O=C(CCS(=O)(=O)c1ccccc1)N1CCC(Oc2ccncn2)CC1. The second-order valence-electron chi connectivity index (χ2n) is 6.13. The first-order valence-electron chi connectivity index (χ1n) is 8.53. The molecule has 3 rings (SSSR count). The van der Waals surface area contributed by atoms with Crippen molar-refractivity contribution in [3.63, 3.8) is 0 Å². The number of hydrogen-bond acceptors (Lipinski definition) is 6. The van der Waals surface area contributed by atoms with Crippen molar-refractivity contribution >= 4 is 15.7 Å². The minimum absolute atomic E-state index is 0.00185. The predicted molar refractivity (Wildman–Crippen MR) is 95.4 cm³/mol. The summed E-state index contributed by atoms with van der Waals surface area (Å²) in [6.45, 7) is 1.11. The molecule has 1 aromatic heterocycles. The maximum Gasteiger partial charge on any atom is 0.223 e. The first-order valence-corrected chi connectivity index (χ1v) is 10.2. The monoisotopic (exact) mass is 375 g/mol. The van der Waals surface area contributed by atoms with Gasteiger partial charge in [-0.15, -0.1) is 0 Å². The molecule has 138 valence electrons. The summed E-state index contributed by atoms with van der Waals surface area (Å²) in [5.74, 6) is 0.219. The number of aromatic nitrogens is 2. The first-order chi connectivity index (χ1) is 12.5. The van der Waals surface area contributed by atoms with E-state index in [1.165, 1.54) is 6.33 Å². The smallest absolute Gasteiger partial charge is 0.223 e. The zero-order valence-electron chi connectivity index (χ0n) is 14.3. The lowest BCUT2D eigenvalue weighted by molar-refractivity contribution is -0.132. The molecular formula is C18H21N3O4S. The predicted octanol–water partition coefficient (Wildman–Crippen LogP) is 1.71. The second kappa shape index (κ2) is 8.27. The van der Waals surface area contributed by atoms with Crippen molar-refractivity contribution in [2.45, 2.75) is 30.3 Å². The lowest BCUT2D eigenvalue weighted by Crippen LogP contribution is -2.42. The molecule has 2 heterocycles. The number of benzene rings is 1. The van der Waals surface area contributed by atoms with Crippen LogP contribution >= 0.6 is 0 Å². The number of ether oxygens (including phenoxy) is 1. The fourth-order valence-electron chi connectivity index (χ4n) is 2.87. The van der Waals surface area contributed by atoms with Crippen LogP contribution in [0, 0.1) is 0 Å². The van der Waals surface area contributed by atoms with Crippen LogP contribution in [0.3, 0.4) is 0 Å². The van der Waals surface area contributed by atoms with Crippen molar-refractivity contribution in [1.82, 2.24) is 14.9 Å². The molecular weight excluding hydrogens is 354 g/mol. The third-order valence-corrected chi connectivity index (χ3v) is 6.06. The molecule has 0 radical (unpaired) electrons. The van der Waals surface area contributed by atoms with Crippen LogP contribution in [0.15, 0.2) is 53.8 Å². The fraction of sp³-hybridized carbons (Fsp3) is 0.389. The Morgan fingerprint density at radius 2 is 1.88 bits per heavy atom. The summed E-state index contributed by atoms with van der Waals surface area (Å²) in [5.41, 5.74) is 0. The van der Waals surface area contributed by atoms with Crippen molar-refractivity contribution in [2.75, 3.05) is 18.8 Å². The molecule has 0 atom stereocenters. The highest BCUT2D eigenvalue weighted by molar-refractivity contribution is 7.91.